The highest BCUT2D eigenvalue weighted by Gasteiger charge is 2.57. The van der Waals surface area contributed by atoms with Crippen LogP contribution in [0.3, 0.4) is 0 Å². The molecule has 0 aromatic heterocycles. The molecule has 2 saturated heterocycles. The van der Waals surface area contributed by atoms with Gasteiger partial charge in [-0.25, -0.2) is 5.01 Å². The second-order valence-corrected chi connectivity index (χ2v) is 6.14. The first-order valence-corrected chi connectivity index (χ1v) is 7.18. The summed E-state index contributed by atoms with van der Waals surface area (Å²) >= 11 is 0. The van der Waals surface area contributed by atoms with Crippen molar-refractivity contribution in [2.75, 3.05) is 13.6 Å². The average molecular weight is 309 g/mol. The van der Waals surface area contributed by atoms with Crippen LogP contribution < -0.4 is 5.43 Å². The molecule has 2 fully saturated rings. The third-order valence-electron chi connectivity index (χ3n) is 4.96. The summed E-state index contributed by atoms with van der Waals surface area (Å²) in [4.78, 5) is 13.0. The molecule has 0 aromatic rings. The maximum absolute atomic E-state index is 13.3. The van der Waals surface area contributed by atoms with Gasteiger partial charge in [-0.3, -0.25) is 15.1 Å². The normalized spacial score (nSPS) is 39.6. The summed E-state index contributed by atoms with van der Waals surface area (Å²) < 4.78 is 39.9. The van der Waals surface area contributed by atoms with Crippen LogP contribution in [-0.2, 0) is 4.79 Å². The van der Waals surface area contributed by atoms with Crippen LogP contribution >= 0.6 is 0 Å². The molecule has 2 heterocycles. The van der Waals surface area contributed by atoms with E-state index in [0.29, 0.717) is 12.3 Å². The lowest BCUT2D eigenvalue weighted by Gasteiger charge is -2.47. The van der Waals surface area contributed by atoms with E-state index in [1.54, 1.807) is 7.05 Å². The minimum absolute atomic E-state index is 0.156. The van der Waals surface area contributed by atoms with Gasteiger partial charge in [0.1, 0.15) is 6.04 Å². The number of hydrogen-bond donors (Lipinski definition) is 2. The SMILES string of the molecule is CC1CCC(N2NCC(C(=O)O)C2C(F)(F)F)N(C)C1C. The Kier molecular flexibility index (Phi) is 4.51. The number of halogens is 3. The van der Waals surface area contributed by atoms with Gasteiger partial charge in [-0.15, -0.1) is 0 Å². The molecule has 0 amide bonds. The number of carboxylic acids is 1. The number of hydrogen-bond acceptors (Lipinski definition) is 4. The lowest BCUT2D eigenvalue weighted by Crippen LogP contribution is -2.62. The van der Waals surface area contributed by atoms with Crippen LogP contribution in [-0.4, -0.2) is 59.0 Å². The highest BCUT2D eigenvalue weighted by Crippen LogP contribution is 2.37. The Bertz CT molecular complexity index is 405. The summed E-state index contributed by atoms with van der Waals surface area (Å²) in [5, 5.41) is 10.2. The van der Waals surface area contributed by atoms with Gasteiger partial charge in [-0.1, -0.05) is 6.92 Å². The van der Waals surface area contributed by atoms with Crippen molar-refractivity contribution in [1.29, 1.82) is 0 Å². The first-order chi connectivity index (χ1) is 9.64. The zero-order chi connectivity index (χ0) is 15.9. The maximum Gasteiger partial charge on any atom is 0.406 e. The quantitative estimate of drug-likeness (QED) is 0.810. The van der Waals surface area contributed by atoms with Crippen molar-refractivity contribution in [2.45, 2.75) is 51.1 Å². The lowest BCUT2D eigenvalue weighted by atomic mass is 9.90. The van der Waals surface area contributed by atoms with Crippen molar-refractivity contribution in [3.63, 3.8) is 0 Å². The van der Waals surface area contributed by atoms with Gasteiger partial charge < -0.3 is 5.11 Å². The Labute approximate surface area is 122 Å². The molecule has 8 heteroatoms. The fourth-order valence-corrected chi connectivity index (χ4v) is 3.37. The molecule has 122 valence electrons. The Morgan fingerprint density at radius 3 is 2.43 bits per heavy atom. The topological polar surface area (TPSA) is 55.8 Å². The van der Waals surface area contributed by atoms with Crippen LogP contribution in [0.25, 0.3) is 0 Å². The molecule has 2 N–H and O–H groups in total. The van der Waals surface area contributed by atoms with Crippen LogP contribution in [0.2, 0.25) is 0 Å². The summed E-state index contributed by atoms with van der Waals surface area (Å²) in [6, 6.07) is -1.83. The Morgan fingerprint density at radius 1 is 1.29 bits per heavy atom. The summed E-state index contributed by atoms with van der Waals surface area (Å²) in [5.41, 5.74) is 2.67. The molecule has 0 spiro atoms. The molecular formula is C13H22F3N3O2. The van der Waals surface area contributed by atoms with Crippen molar-refractivity contribution in [2.24, 2.45) is 11.8 Å². The number of aliphatic carboxylic acids is 1. The molecular weight excluding hydrogens is 287 g/mol. The monoisotopic (exact) mass is 309 g/mol. The predicted octanol–water partition coefficient (Wildman–Crippen LogP) is 1.51. The average Bonchev–Trinajstić information content (AvgIpc) is 2.81. The van der Waals surface area contributed by atoms with E-state index >= 15 is 0 Å². The van der Waals surface area contributed by atoms with E-state index in [9.17, 15) is 18.0 Å². The van der Waals surface area contributed by atoms with Gasteiger partial charge in [0.25, 0.3) is 0 Å². The molecule has 5 atom stereocenters. The Balaban J connectivity index is 2.24. The van der Waals surface area contributed by atoms with Gasteiger partial charge >= 0.3 is 12.1 Å². The van der Waals surface area contributed by atoms with Crippen LogP contribution in [0, 0.1) is 11.8 Å². The first-order valence-electron chi connectivity index (χ1n) is 7.18. The van der Waals surface area contributed by atoms with E-state index in [0.717, 1.165) is 11.4 Å². The number of carbonyl (C=O) groups is 1. The standard InChI is InChI=1S/C13H22F3N3O2/c1-7-4-5-10(18(3)8(7)2)19-11(13(14,15)16)9(6-17-19)12(20)21/h7-11,17H,4-6H2,1-3H3,(H,20,21). The van der Waals surface area contributed by atoms with Crippen LogP contribution in [0.1, 0.15) is 26.7 Å². The van der Waals surface area contributed by atoms with Crippen molar-refractivity contribution >= 4 is 5.97 Å². The van der Waals surface area contributed by atoms with Crippen LogP contribution in [0.5, 0.6) is 0 Å². The molecule has 2 aliphatic rings. The van der Waals surface area contributed by atoms with E-state index < -0.39 is 30.3 Å². The Hall–Kier alpha value is -0.860. The number of nitrogens with zero attached hydrogens (tertiary/aromatic N) is 2. The summed E-state index contributed by atoms with van der Waals surface area (Å²) in [7, 11) is 1.80. The smallest absolute Gasteiger partial charge is 0.406 e. The predicted molar refractivity (Wildman–Crippen MR) is 70.2 cm³/mol. The van der Waals surface area contributed by atoms with Crippen molar-refractivity contribution < 1.29 is 23.1 Å². The summed E-state index contributed by atoms with van der Waals surface area (Å²) in [6.07, 6.45) is -3.59. The third kappa shape index (κ3) is 3.02. The fourth-order valence-electron chi connectivity index (χ4n) is 3.37. The van der Waals surface area contributed by atoms with E-state index in [-0.39, 0.29) is 12.6 Å². The summed E-state index contributed by atoms with van der Waals surface area (Å²) in [5.74, 6) is -2.46. The van der Waals surface area contributed by atoms with Gasteiger partial charge in [-0.05, 0) is 32.7 Å². The minimum Gasteiger partial charge on any atom is -0.481 e. The zero-order valence-corrected chi connectivity index (χ0v) is 12.4. The van der Waals surface area contributed by atoms with Gasteiger partial charge in [0.2, 0.25) is 0 Å². The van der Waals surface area contributed by atoms with Crippen molar-refractivity contribution in [3.05, 3.63) is 0 Å². The molecule has 0 bridgehead atoms. The largest absolute Gasteiger partial charge is 0.481 e. The first kappa shape index (κ1) is 16.5. The molecule has 0 radical (unpaired) electrons. The van der Waals surface area contributed by atoms with Crippen molar-refractivity contribution in [3.8, 4) is 0 Å². The zero-order valence-electron chi connectivity index (χ0n) is 12.4. The van der Waals surface area contributed by atoms with E-state index in [1.807, 2.05) is 11.8 Å². The van der Waals surface area contributed by atoms with E-state index in [1.165, 1.54) is 0 Å². The highest BCUT2D eigenvalue weighted by molar-refractivity contribution is 5.71. The number of piperidine rings is 1. The van der Waals surface area contributed by atoms with Crippen molar-refractivity contribution in [1.82, 2.24) is 15.3 Å². The molecule has 5 nitrogen and oxygen atoms in total. The molecule has 0 aliphatic carbocycles. The third-order valence-corrected chi connectivity index (χ3v) is 4.96. The molecule has 2 aliphatic heterocycles. The van der Waals surface area contributed by atoms with Crippen LogP contribution in [0.15, 0.2) is 0 Å². The van der Waals surface area contributed by atoms with Crippen LogP contribution in [0.4, 0.5) is 13.2 Å². The number of alkyl halides is 3. The van der Waals surface area contributed by atoms with Gasteiger partial charge in [0.05, 0.1) is 12.1 Å². The van der Waals surface area contributed by atoms with E-state index in [4.69, 9.17) is 5.11 Å². The van der Waals surface area contributed by atoms with Gasteiger partial charge in [0, 0.05) is 12.6 Å². The van der Waals surface area contributed by atoms with Gasteiger partial charge in [0.15, 0.2) is 0 Å². The molecule has 2 rings (SSSR count). The molecule has 0 aromatic carbocycles. The second-order valence-electron chi connectivity index (χ2n) is 6.14. The number of likely N-dealkylation sites (tertiary alicyclic amines) is 1. The lowest BCUT2D eigenvalue weighted by molar-refractivity contribution is -0.212. The number of carboxylic acid groups (broad SMARTS) is 1. The van der Waals surface area contributed by atoms with E-state index in [2.05, 4.69) is 12.3 Å². The Morgan fingerprint density at radius 2 is 1.90 bits per heavy atom. The minimum atomic E-state index is -4.57. The molecule has 0 saturated carbocycles. The number of rotatable bonds is 2. The second kappa shape index (κ2) is 5.73. The fraction of sp³-hybridized carbons (Fsp3) is 0.923. The summed E-state index contributed by atoms with van der Waals surface area (Å²) in [6.45, 7) is 3.88. The number of nitrogens with one attached hydrogen (secondary N) is 1. The number of hydrazine groups is 1. The van der Waals surface area contributed by atoms with Gasteiger partial charge in [-0.2, -0.15) is 13.2 Å². The highest BCUT2D eigenvalue weighted by atomic mass is 19.4. The molecule has 5 unspecified atom stereocenters. The molecule has 21 heavy (non-hydrogen) atoms. The maximum atomic E-state index is 13.3.